The van der Waals surface area contributed by atoms with Crippen LogP contribution in [0.25, 0.3) is 0 Å². The van der Waals surface area contributed by atoms with Crippen molar-refractivity contribution in [3.63, 3.8) is 0 Å². The lowest BCUT2D eigenvalue weighted by atomic mass is 10.0. The number of nitrogens with zero attached hydrogens (tertiary/aromatic N) is 2. The van der Waals surface area contributed by atoms with Crippen LogP contribution in [0.1, 0.15) is 261 Å². The summed E-state index contributed by atoms with van der Waals surface area (Å²) < 4.78 is 16.0. The van der Waals surface area contributed by atoms with Gasteiger partial charge in [-0.05, 0) is 37.1 Å². The Morgan fingerprint density at radius 2 is 0.656 bits per heavy atom. The highest BCUT2D eigenvalue weighted by Crippen LogP contribution is 2.18. The summed E-state index contributed by atoms with van der Waals surface area (Å²) in [5, 5.41) is 0. The van der Waals surface area contributed by atoms with Gasteiger partial charge in [0.2, 0.25) is 11.0 Å². The smallest absolute Gasteiger partial charge is 0.338 e. The molecule has 0 aliphatic heterocycles. The monoisotopic (exact) mass is 923 g/mol. The molecule has 2 heterocycles. The highest BCUT2D eigenvalue weighted by atomic mass is 32.1. The third kappa shape index (κ3) is 25.4. The maximum absolute atomic E-state index is 12.8. The number of ether oxygens (including phenoxy) is 2. The van der Waals surface area contributed by atoms with Crippen molar-refractivity contribution < 1.29 is 28.2 Å². The van der Waals surface area contributed by atoms with Gasteiger partial charge < -0.3 is 9.47 Å². The molecule has 1 aromatic carbocycles. The van der Waals surface area contributed by atoms with Crippen LogP contribution in [-0.2, 0) is 35.4 Å². The van der Waals surface area contributed by atoms with Gasteiger partial charge in [-0.25, -0.2) is 9.59 Å². The minimum atomic E-state index is -0.365. The topological polar surface area (TPSA) is 60.4 Å². The van der Waals surface area contributed by atoms with E-state index in [1.807, 2.05) is 0 Å². The lowest BCUT2D eigenvalue weighted by Gasteiger charge is -2.06. The standard InChI is InChI=1S/C56H94N2O4S2/c1-5-7-9-11-13-15-17-19-21-23-25-27-29-31-33-35-43-57-47-63-53(49(57)3)41-45-61-55(59)51-37-39-52(40-38-51)56(60)62-46-42-54-50(4)58(48-64-54)44-36-34-32-30-28-26-24-22-20-18-16-14-12-10-8-6-2/h37-40,47-48H,5-36,41-46H2,1-4H3/q+2. The minimum absolute atomic E-state index is 0.338. The zero-order valence-electron chi connectivity index (χ0n) is 41.7. The Bertz CT molecular complexity index is 1480. The van der Waals surface area contributed by atoms with Crippen LogP contribution in [0.2, 0.25) is 0 Å². The molecule has 0 aliphatic rings. The van der Waals surface area contributed by atoms with Gasteiger partial charge in [-0.1, -0.05) is 216 Å². The van der Waals surface area contributed by atoms with Crippen LogP contribution in [0.4, 0.5) is 0 Å². The largest absolute Gasteiger partial charge is 0.462 e. The van der Waals surface area contributed by atoms with Crippen molar-refractivity contribution in [3.8, 4) is 0 Å². The predicted molar refractivity (Wildman–Crippen MR) is 272 cm³/mol. The molecule has 3 rings (SSSR count). The van der Waals surface area contributed by atoms with Gasteiger partial charge in [0, 0.05) is 39.5 Å². The van der Waals surface area contributed by atoms with E-state index in [1.165, 1.54) is 227 Å². The van der Waals surface area contributed by atoms with E-state index in [1.54, 1.807) is 46.9 Å². The maximum Gasteiger partial charge on any atom is 0.338 e. The molecule has 0 spiro atoms. The first-order valence-corrected chi connectivity index (χ1v) is 28.6. The highest BCUT2D eigenvalue weighted by Gasteiger charge is 2.18. The average molecular weight is 924 g/mol. The third-order valence-corrected chi connectivity index (χ3v) is 15.6. The first-order chi connectivity index (χ1) is 31.4. The number of benzene rings is 1. The molecule has 0 fully saturated rings. The van der Waals surface area contributed by atoms with Gasteiger partial charge in [0.25, 0.3) is 0 Å². The van der Waals surface area contributed by atoms with E-state index >= 15 is 0 Å². The number of thiazole rings is 2. The lowest BCUT2D eigenvalue weighted by Crippen LogP contribution is -2.34. The molecule has 8 heteroatoms. The quantitative estimate of drug-likeness (QED) is 0.0323. The molecule has 0 atom stereocenters. The number of carbonyl (C=O) groups excluding carboxylic acids is 2. The van der Waals surface area contributed by atoms with Gasteiger partial charge in [-0.15, -0.1) is 0 Å². The molecule has 0 aliphatic carbocycles. The van der Waals surface area contributed by atoms with E-state index in [4.69, 9.17) is 9.47 Å². The average Bonchev–Trinajstić information content (AvgIpc) is 3.84. The molecular formula is C56H94N2O4S2+2. The molecule has 0 radical (unpaired) electrons. The summed E-state index contributed by atoms with van der Waals surface area (Å²) in [6, 6.07) is 6.64. The van der Waals surface area contributed by atoms with Gasteiger partial charge in [-0.3, -0.25) is 0 Å². The van der Waals surface area contributed by atoms with Gasteiger partial charge in [0.05, 0.1) is 34.1 Å². The van der Waals surface area contributed by atoms with Crippen molar-refractivity contribution in [1.82, 2.24) is 0 Å². The molecule has 0 saturated carbocycles. The molecule has 0 amide bonds. The molecular weight excluding hydrogens is 829 g/mol. The van der Waals surface area contributed by atoms with Crippen molar-refractivity contribution in [2.75, 3.05) is 13.2 Å². The number of carbonyl (C=O) groups is 2. The highest BCUT2D eigenvalue weighted by molar-refractivity contribution is 7.09. The predicted octanol–water partition coefficient (Wildman–Crippen LogP) is 16.3. The van der Waals surface area contributed by atoms with Crippen LogP contribution < -0.4 is 9.13 Å². The number of esters is 2. The molecule has 362 valence electrons. The second-order valence-corrected chi connectivity index (χ2v) is 20.7. The van der Waals surface area contributed by atoms with Gasteiger partial charge >= 0.3 is 11.9 Å². The van der Waals surface area contributed by atoms with Crippen molar-refractivity contribution in [2.45, 2.75) is 259 Å². The number of rotatable bonds is 42. The van der Waals surface area contributed by atoms with Crippen LogP contribution in [0.5, 0.6) is 0 Å². The summed E-state index contributed by atoms with van der Waals surface area (Å²) in [6.45, 7) is 11.7. The number of hydrogen-bond acceptors (Lipinski definition) is 6. The minimum Gasteiger partial charge on any atom is -0.462 e. The Morgan fingerprint density at radius 1 is 0.406 bits per heavy atom. The summed E-state index contributed by atoms with van der Waals surface area (Å²) in [4.78, 5) is 28.2. The second kappa shape index (κ2) is 37.5. The van der Waals surface area contributed by atoms with Crippen LogP contribution in [0.3, 0.4) is 0 Å². The Kier molecular flexibility index (Phi) is 32.7. The molecule has 64 heavy (non-hydrogen) atoms. The van der Waals surface area contributed by atoms with Gasteiger partial charge in [-0.2, -0.15) is 9.13 Å². The van der Waals surface area contributed by atoms with Crippen molar-refractivity contribution in [2.24, 2.45) is 0 Å². The second-order valence-electron chi connectivity index (χ2n) is 18.8. The molecule has 0 unspecified atom stereocenters. The van der Waals surface area contributed by atoms with E-state index in [2.05, 4.69) is 47.9 Å². The SMILES string of the molecule is CCCCCCCCCCCCCCCCCC[n+]1csc(CCOC(=O)c2ccc(C(=O)OCCc3sc[n+](CCCCCCCCCCCCCCCCCC)c3C)cc2)c1C. The van der Waals surface area contributed by atoms with E-state index in [0.717, 1.165) is 13.1 Å². The molecule has 6 nitrogen and oxygen atoms in total. The zero-order valence-corrected chi connectivity index (χ0v) is 43.3. The lowest BCUT2D eigenvalue weighted by molar-refractivity contribution is -0.698. The Hall–Kier alpha value is -2.58. The van der Waals surface area contributed by atoms with Crippen molar-refractivity contribution in [3.05, 3.63) is 67.6 Å². The first kappa shape index (κ1) is 55.7. The summed E-state index contributed by atoms with van der Waals surface area (Å²) in [6.07, 6.45) is 45.8. The maximum atomic E-state index is 12.8. The Balaban J connectivity index is 1.17. The fourth-order valence-corrected chi connectivity index (χ4v) is 10.9. The van der Waals surface area contributed by atoms with Crippen LogP contribution >= 0.6 is 22.7 Å². The van der Waals surface area contributed by atoms with E-state index in [0.29, 0.717) is 37.2 Å². The van der Waals surface area contributed by atoms with E-state index in [-0.39, 0.29) is 11.9 Å². The summed E-state index contributed by atoms with van der Waals surface area (Å²) >= 11 is 3.51. The third-order valence-electron chi connectivity index (χ3n) is 13.3. The van der Waals surface area contributed by atoms with Gasteiger partial charge in [0.1, 0.15) is 13.1 Å². The van der Waals surface area contributed by atoms with E-state index < -0.39 is 0 Å². The fourth-order valence-electron chi connectivity index (χ4n) is 8.87. The molecule has 3 aromatic rings. The first-order valence-electron chi connectivity index (χ1n) is 26.8. The zero-order chi connectivity index (χ0) is 45.7. The van der Waals surface area contributed by atoms with Gasteiger partial charge in [0.15, 0.2) is 11.4 Å². The number of aromatic nitrogens is 2. The molecule has 0 N–H and O–H groups in total. The van der Waals surface area contributed by atoms with Crippen molar-refractivity contribution in [1.29, 1.82) is 0 Å². The molecule has 2 aromatic heterocycles. The normalized spacial score (nSPS) is 11.4. The summed E-state index contributed by atoms with van der Waals surface area (Å²) in [5.74, 6) is -0.729. The number of unbranched alkanes of at least 4 members (excludes halogenated alkanes) is 30. The molecule has 0 saturated heterocycles. The Labute approximate surface area is 400 Å². The summed E-state index contributed by atoms with van der Waals surface area (Å²) in [7, 11) is 0. The summed E-state index contributed by atoms with van der Waals surface area (Å²) in [5.41, 5.74) is 7.89. The van der Waals surface area contributed by atoms with Crippen LogP contribution in [0.15, 0.2) is 35.3 Å². The number of hydrogen-bond donors (Lipinski definition) is 0. The number of aryl methyl sites for hydroxylation is 2. The molecule has 0 bridgehead atoms. The fraction of sp³-hybridized carbons (Fsp3) is 0.750. The van der Waals surface area contributed by atoms with Crippen LogP contribution in [0, 0.1) is 13.8 Å². The van der Waals surface area contributed by atoms with Crippen molar-refractivity contribution >= 4 is 34.6 Å². The van der Waals surface area contributed by atoms with E-state index in [9.17, 15) is 9.59 Å². The Morgan fingerprint density at radius 3 is 0.922 bits per heavy atom. The van der Waals surface area contributed by atoms with Crippen LogP contribution in [-0.4, -0.2) is 25.2 Å².